The van der Waals surface area contributed by atoms with Crippen molar-refractivity contribution in [3.05, 3.63) is 29.3 Å². The Hall–Kier alpha value is -1.53. The Morgan fingerprint density at radius 2 is 2.28 bits per heavy atom. The second-order valence-corrected chi connectivity index (χ2v) is 5.41. The van der Waals surface area contributed by atoms with Crippen LogP contribution in [0.2, 0.25) is 0 Å². The molecule has 1 saturated heterocycles. The summed E-state index contributed by atoms with van der Waals surface area (Å²) < 4.78 is 0. The van der Waals surface area contributed by atoms with Crippen LogP contribution in [0.3, 0.4) is 0 Å². The SMILES string of the molecule is CC(C)C1CCN(c2ccc(CN)cc2C#N)C1. The number of benzene rings is 1. The molecule has 0 amide bonds. The average Bonchev–Trinajstić information content (AvgIpc) is 2.87. The third-order valence-corrected chi connectivity index (χ3v) is 3.93. The van der Waals surface area contributed by atoms with Gasteiger partial charge in [0.2, 0.25) is 0 Å². The monoisotopic (exact) mass is 243 g/mol. The molecule has 1 aromatic rings. The van der Waals surface area contributed by atoms with Gasteiger partial charge in [-0.25, -0.2) is 0 Å². The van der Waals surface area contributed by atoms with Crippen LogP contribution in [0.15, 0.2) is 18.2 Å². The predicted molar refractivity (Wildman–Crippen MR) is 74.2 cm³/mol. The third-order valence-electron chi connectivity index (χ3n) is 3.93. The fourth-order valence-corrected chi connectivity index (χ4v) is 2.63. The van der Waals surface area contributed by atoms with E-state index < -0.39 is 0 Å². The molecule has 0 bridgehead atoms. The number of nitriles is 1. The minimum Gasteiger partial charge on any atom is -0.370 e. The lowest BCUT2D eigenvalue weighted by atomic mass is 9.95. The Morgan fingerprint density at radius 3 is 2.83 bits per heavy atom. The van der Waals surface area contributed by atoms with Crippen LogP contribution in [-0.4, -0.2) is 13.1 Å². The second-order valence-electron chi connectivity index (χ2n) is 5.41. The largest absolute Gasteiger partial charge is 0.370 e. The van der Waals surface area contributed by atoms with Gasteiger partial charge in [0.1, 0.15) is 6.07 Å². The molecule has 1 aliphatic rings. The van der Waals surface area contributed by atoms with Crippen LogP contribution in [0.1, 0.15) is 31.4 Å². The Balaban J connectivity index is 2.22. The number of rotatable bonds is 3. The first-order valence-electron chi connectivity index (χ1n) is 6.63. The number of nitrogens with two attached hydrogens (primary N) is 1. The van der Waals surface area contributed by atoms with Crippen LogP contribution < -0.4 is 10.6 Å². The lowest BCUT2D eigenvalue weighted by Crippen LogP contribution is -2.22. The molecule has 3 heteroatoms. The van der Waals surface area contributed by atoms with Gasteiger partial charge in [0.15, 0.2) is 0 Å². The minimum absolute atomic E-state index is 0.490. The molecule has 0 aliphatic carbocycles. The summed E-state index contributed by atoms with van der Waals surface area (Å²) in [6.07, 6.45) is 1.22. The van der Waals surface area contributed by atoms with Crippen molar-refractivity contribution in [2.24, 2.45) is 17.6 Å². The zero-order valence-electron chi connectivity index (χ0n) is 11.2. The van der Waals surface area contributed by atoms with E-state index in [1.807, 2.05) is 18.2 Å². The van der Waals surface area contributed by atoms with Gasteiger partial charge in [-0.3, -0.25) is 0 Å². The molecule has 3 nitrogen and oxygen atoms in total. The summed E-state index contributed by atoms with van der Waals surface area (Å²) in [5, 5.41) is 9.26. The smallest absolute Gasteiger partial charge is 0.101 e. The molecule has 2 N–H and O–H groups in total. The van der Waals surface area contributed by atoms with E-state index in [-0.39, 0.29) is 0 Å². The molecule has 96 valence electrons. The average molecular weight is 243 g/mol. The van der Waals surface area contributed by atoms with Gasteiger partial charge in [-0.05, 0) is 36.0 Å². The van der Waals surface area contributed by atoms with Crippen molar-refractivity contribution in [3.63, 3.8) is 0 Å². The maximum atomic E-state index is 9.26. The Bertz CT molecular complexity index is 459. The van der Waals surface area contributed by atoms with Gasteiger partial charge in [-0.1, -0.05) is 19.9 Å². The van der Waals surface area contributed by atoms with Crippen molar-refractivity contribution in [2.45, 2.75) is 26.8 Å². The zero-order valence-corrected chi connectivity index (χ0v) is 11.2. The molecule has 0 aromatic heterocycles. The van der Waals surface area contributed by atoms with E-state index in [1.165, 1.54) is 6.42 Å². The van der Waals surface area contributed by atoms with Gasteiger partial charge >= 0.3 is 0 Å². The van der Waals surface area contributed by atoms with E-state index in [0.717, 1.165) is 35.8 Å². The number of hydrogen-bond donors (Lipinski definition) is 1. The molecule has 1 fully saturated rings. The first-order valence-corrected chi connectivity index (χ1v) is 6.63. The quantitative estimate of drug-likeness (QED) is 0.887. The van der Waals surface area contributed by atoms with Crippen molar-refractivity contribution in [3.8, 4) is 6.07 Å². The highest BCUT2D eigenvalue weighted by Gasteiger charge is 2.26. The molecule has 1 aliphatic heterocycles. The molecule has 0 spiro atoms. The predicted octanol–water partition coefficient (Wildman–Crippen LogP) is 2.50. The Labute approximate surface area is 109 Å². The van der Waals surface area contributed by atoms with E-state index in [4.69, 9.17) is 5.73 Å². The van der Waals surface area contributed by atoms with Crippen molar-refractivity contribution in [1.29, 1.82) is 5.26 Å². The lowest BCUT2D eigenvalue weighted by Gasteiger charge is -2.21. The van der Waals surface area contributed by atoms with Crippen molar-refractivity contribution in [2.75, 3.05) is 18.0 Å². The van der Waals surface area contributed by atoms with Gasteiger partial charge < -0.3 is 10.6 Å². The molecule has 1 aromatic carbocycles. The van der Waals surface area contributed by atoms with E-state index in [9.17, 15) is 5.26 Å². The molecular formula is C15H21N3. The summed E-state index contributed by atoms with van der Waals surface area (Å²) in [6, 6.07) is 8.28. The molecule has 1 unspecified atom stereocenters. The topological polar surface area (TPSA) is 53.0 Å². The van der Waals surface area contributed by atoms with Crippen LogP contribution in [-0.2, 0) is 6.54 Å². The fraction of sp³-hybridized carbons (Fsp3) is 0.533. The maximum absolute atomic E-state index is 9.26. The molecule has 0 radical (unpaired) electrons. The molecule has 1 heterocycles. The second kappa shape index (κ2) is 5.41. The van der Waals surface area contributed by atoms with Crippen LogP contribution >= 0.6 is 0 Å². The van der Waals surface area contributed by atoms with Crippen LogP contribution in [0.5, 0.6) is 0 Å². The third kappa shape index (κ3) is 2.49. The summed E-state index contributed by atoms with van der Waals surface area (Å²) in [5.41, 5.74) is 8.46. The first kappa shape index (κ1) is 12.9. The summed E-state index contributed by atoms with van der Waals surface area (Å²) >= 11 is 0. The first-order chi connectivity index (χ1) is 8.65. The van der Waals surface area contributed by atoms with Crippen molar-refractivity contribution >= 4 is 5.69 Å². The summed E-state index contributed by atoms with van der Waals surface area (Å²) in [4.78, 5) is 2.34. The van der Waals surface area contributed by atoms with E-state index in [1.54, 1.807) is 0 Å². The van der Waals surface area contributed by atoms with Gasteiger partial charge in [0, 0.05) is 19.6 Å². The zero-order chi connectivity index (χ0) is 13.1. The van der Waals surface area contributed by atoms with E-state index >= 15 is 0 Å². The minimum atomic E-state index is 0.490. The van der Waals surface area contributed by atoms with Gasteiger partial charge in [0.05, 0.1) is 11.3 Å². The molecular weight excluding hydrogens is 222 g/mol. The Kier molecular flexibility index (Phi) is 3.88. The number of hydrogen-bond acceptors (Lipinski definition) is 3. The standard InChI is InChI=1S/C15H21N3/c1-11(2)13-5-6-18(10-13)15-4-3-12(8-16)7-14(15)9-17/h3-4,7,11,13H,5-6,8,10,16H2,1-2H3. The maximum Gasteiger partial charge on any atom is 0.101 e. The van der Waals surface area contributed by atoms with Crippen LogP contribution in [0.4, 0.5) is 5.69 Å². The van der Waals surface area contributed by atoms with Gasteiger partial charge in [-0.2, -0.15) is 5.26 Å². The van der Waals surface area contributed by atoms with Gasteiger partial charge in [0.25, 0.3) is 0 Å². The molecule has 18 heavy (non-hydrogen) atoms. The van der Waals surface area contributed by atoms with Crippen LogP contribution in [0, 0.1) is 23.2 Å². The number of nitrogens with zero attached hydrogens (tertiary/aromatic N) is 2. The molecule has 2 rings (SSSR count). The van der Waals surface area contributed by atoms with Crippen molar-refractivity contribution in [1.82, 2.24) is 0 Å². The van der Waals surface area contributed by atoms with Gasteiger partial charge in [-0.15, -0.1) is 0 Å². The summed E-state index contributed by atoms with van der Waals surface area (Å²) in [6.45, 7) is 7.16. The summed E-state index contributed by atoms with van der Waals surface area (Å²) in [5.74, 6) is 1.45. The molecule has 1 atom stereocenters. The Morgan fingerprint density at radius 1 is 1.50 bits per heavy atom. The number of anilines is 1. The van der Waals surface area contributed by atoms with Crippen LogP contribution in [0.25, 0.3) is 0 Å². The highest BCUT2D eigenvalue weighted by atomic mass is 15.2. The fourth-order valence-electron chi connectivity index (χ4n) is 2.63. The molecule has 0 saturated carbocycles. The van der Waals surface area contributed by atoms with E-state index in [2.05, 4.69) is 24.8 Å². The van der Waals surface area contributed by atoms with Crippen molar-refractivity contribution < 1.29 is 0 Å². The highest BCUT2D eigenvalue weighted by molar-refractivity contribution is 5.61. The normalized spacial score (nSPS) is 19.3. The van der Waals surface area contributed by atoms with E-state index in [0.29, 0.717) is 12.5 Å². The lowest BCUT2D eigenvalue weighted by molar-refractivity contribution is 0.423. The highest BCUT2D eigenvalue weighted by Crippen LogP contribution is 2.30. The summed E-state index contributed by atoms with van der Waals surface area (Å²) in [7, 11) is 0.